The monoisotopic (exact) mass is 386 g/mol. The van der Waals surface area contributed by atoms with Crippen LogP contribution in [-0.4, -0.2) is 36.9 Å². The molecule has 0 unspecified atom stereocenters. The largest absolute Gasteiger partial charge is 0.357 e. The van der Waals surface area contributed by atoms with Gasteiger partial charge in [0.25, 0.3) is 5.91 Å². The molecular weight excluding hydrogens is 364 g/mol. The van der Waals surface area contributed by atoms with Crippen molar-refractivity contribution in [2.24, 2.45) is 5.92 Å². The van der Waals surface area contributed by atoms with Crippen molar-refractivity contribution >= 4 is 29.2 Å². The highest BCUT2D eigenvalue weighted by Gasteiger charge is 2.25. The Morgan fingerprint density at radius 3 is 2.44 bits per heavy atom. The van der Waals surface area contributed by atoms with E-state index in [4.69, 9.17) is 11.6 Å². The van der Waals surface area contributed by atoms with E-state index in [9.17, 15) is 9.59 Å². The number of hydrogen-bond acceptors (Lipinski definition) is 4. The van der Waals surface area contributed by atoms with Gasteiger partial charge < -0.3 is 15.5 Å². The number of hydrogen-bond donors (Lipinski definition) is 2. The molecular formula is C20H23ClN4O2. The number of nitrogens with zero attached hydrogens (tertiary/aromatic N) is 2. The second kappa shape index (κ2) is 8.86. The van der Waals surface area contributed by atoms with Gasteiger partial charge >= 0.3 is 0 Å². The zero-order valence-corrected chi connectivity index (χ0v) is 16.0. The maximum atomic E-state index is 12.5. The van der Waals surface area contributed by atoms with E-state index in [0.717, 1.165) is 37.3 Å². The molecule has 3 rings (SSSR count). The van der Waals surface area contributed by atoms with Gasteiger partial charge in [-0.2, -0.15) is 0 Å². The molecule has 27 heavy (non-hydrogen) atoms. The van der Waals surface area contributed by atoms with Crippen LogP contribution >= 0.6 is 11.6 Å². The summed E-state index contributed by atoms with van der Waals surface area (Å²) < 4.78 is 0. The number of halogens is 1. The first-order chi connectivity index (χ1) is 13.1. The predicted molar refractivity (Wildman–Crippen MR) is 106 cm³/mol. The summed E-state index contributed by atoms with van der Waals surface area (Å²) in [5.41, 5.74) is 1.58. The molecule has 1 aliphatic rings. The second-order valence-electron chi connectivity index (χ2n) is 6.59. The lowest BCUT2D eigenvalue weighted by atomic mass is 9.95. The topological polar surface area (TPSA) is 74.3 Å². The van der Waals surface area contributed by atoms with E-state index in [1.165, 1.54) is 0 Å². The van der Waals surface area contributed by atoms with Crippen molar-refractivity contribution in [2.45, 2.75) is 19.4 Å². The Kier molecular flexibility index (Phi) is 6.29. The number of rotatable bonds is 5. The van der Waals surface area contributed by atoms with Crippen LogP contribution in [0, 0.1) is 5.92 Å². The van der Waals surface area contributed by atoms with Gasteiger partial charge in [0.1, 0.15) is 5.82 Å². The third kappa shape index (κ3) is 4.98. The van der Waals surface area contributed by atoms with E-state index in [-0.39, 0.29) is 17.7 Å². The number of carbonyl (C=O) groups is 2. The van der Waals surface area contributed by atoms with Crippen LogP contribution in [0.25, 0.3) is 0 Å². The summed E-state index contributed by atoms with van der Waals surface area (Å²) in [6.07, 6.45) is 3.24. The highest BCUT2D eigenvalue weighted by atomic mass is 35.5. The summed E-state index contributed by atoms with van der Waals surface area (Å²) in [6.45, 7) is 2.06. The summed E-state index contributed by atoms with van der Waals surface area (Å²) >= 11 is 5.88. The molecule has 1 saturated heterocycles. The van der Waals surface area contributed by atoms with Crippen LogP contribution in [0.3, 0.4) is 0 Å². The number of pyridine rings is 1. The third-order valence-corrected chi connectivity index (χ3v) is 5.04. The molecule has 0 atom stereocenters. The van der Waals surface area contributed by atoms with Gasteiger partial charge in [0.2, 0.25) is 5.91 Å². The smallest absolute Gasteiger partial charge is 0.251 e. The van der Waals surface area contributed by atoms with Crippen molar-refractivity contribution in [3.63, 3.8) is 0 Å². The van der Waals surface area contributed by atoms with E-state index in [0.29, 0.717) is 17.1 Å². The van der Waals surface area contributed by atoms with Gasteiger partial charge in [0.05, 0.1) is 5.02 Å². The number of piperidine rings is 1. The van der Waals surface area contributed by atoms with Crippen molar-refractivity contribution in [3.05, 3.63) is 58.7 Å². The van der Waals surface area contributed by atoms with Crippen molar-refractivity contribution in [2.75, 3.05) is 25.0 Å². The molecule has 1 aromatic heterocycles. The third-order valence-electron chi connectivity index (χ3n) is 4.81. The number of benzene rings is 1. The fraction of sp³-hybridized carbons (Fsp3) is 0.350. The lowest BCUT2D eigenvalue weighted by Crippen LogP contribution is -2.40. The van der Waals surface area contributed by atoms with Crippen molar-refractivity contribution in [3.8, 4) is 0 Å². The molecule has 2 amide bonds. The maximum Gasteiger partial charge on any atom is 0.251 e. The van der Waals surface area contributed by atoms with Crippen LogP contribution in [0.2, 0.25) is 5.02 Å². The average molecular weight is 387 g/mol. The van der Waals surface area contributed by atoms with Crippen molar-refractivity contribution < 1.29 is 9.59 Å². The number of anilines is 1. The molecule has 2 heterocycles. The molecule has 1 fully saturated rings. The van der Waals surface area contributed by atoms with Gasteiger partial charge in [-0.15, -0.1) is 0 Å². The summed E-state index contributed by atoms with van der Waals surface area (Å²) in [5.74, 6) is 0.870. The minimum atomic E-state index is -0.118. The van der Waals surface area contributed by atoms with Gasteiger partial charge in [-0.1, -0.05) is 23.7 Å². The molecule has 0 radical (unpaired) electrons. The fourth-order valence-electron chi connectivity index (χ4n) is 3.18. The molecule has 2 N–H and O–H groups in total. The number of amides is 2. The van der Waals surface area contributed by atoms with E-state index >= 15 is 0 Å². The highest BCUT2D eigenvalue weighted by Crippen LogP contribution is 2.23. The maximum absolute atomic E-state index is 12.5. The van der Waals surface area contributed by atoms with E-state index in [2.05, 4.69) is 20.5 Å². The van der Waals surface area contributed by atoms with Gasteiger partial charge in [0.15, 0.2) is 0 Å². The van der Waals surface area contributed by atoms with E-state index < -0.39 is 0 Å². The summed E-state index contributed by atoms with van der Waals surface area (Å²) in [7, 11) is 1.60. The van der Waals surface area contributed by atoms with Crippen LogP contribution in [-0.2, 0) is 11.3 Å². The lowest BCUT2D eigenvalue weighted by molar-refractivity contribution is -0.125. The first kappa shape index (κ1) is 19.2. The Bertz CT molecular complexity index is 785. The first-order valence-electron chi connectivity index (χ1n) is 9.02. The van der Waals surface area contributed by atoms with Gasteiger partial charge in [-0.25, -0.2) is 4.98 Å². The summed E-state index contributed by atoms with van der Waals surface area (Å²) in [4.78, 5) is 30.5. The zero-order valence-electron chi connectivity index (χ0n) is 15.2. The van der Waals surface area contributed by atoms with Crippen LogP contribution in [0.4, 0.5) is 5.82 Å². The molecule has 0 bridgehead atoms. The second-order valence-corrected chi connectivity index (χ2v) is 7.03. The molecule has 142 valence electrons. The Morgan fingerprint density at radius 2 is 1.85 bits per heavy atom. The van der Waals surface area contributed by atoms with Gasteiger partial charge in [-0.05, 0) is 42.7 Å². The van der Waals surface area contributed by atoms with Crippen LogP contribution in [0.1, 0.15) is 28.8 Å². The van der Waals surface area contributed by atoms with Crippen LogP contribution < -0.4 is 15.5 Å². The molecule has 2 aromatic rings. The molecule has 1 aliphatic heterocycles. The Morgan fingerprint density at radius 1 is 1.15 bits per heavy atom. The van der Waals surface area contributed by atoms with Gasteiger partial charge in [-0.3, -0.25) is 9.59 Å². The predicted octanol–water partition coefficient (Wildman–Crippen LogP) is 2.63. The fourth-order valence-corrected chi connectivity index (χ4v) is 3.29. The lowest BCUT2D eigenvalue weighted by Gasteiger charge is -2.32. The quantitative estimate of drug-likeness (QED) is 0.828. The van der Waals surface area contributed by atoms with Crippen molar-refractivity contribution in [1.29, 1.82) is 0 Å². The molecule has 6 nitrogen and oxygen atoms in total. The Labute approximate surface area is 163 Å². The summed E-state index contributed by atoms with van der Waals surface area (Å²) in [5, 5.41) is 6.21. The van der Waals surface area contributed by atoms with Gasteiger partial charge in [0, 0.05) is 44.4 Å². The molecule has 0 spiro atoms. The summed E-state index contributed by atoms with van der Waals surface area (Å²) in [6, 6.07) is 11.0. The minimum absolute atomic E-state index is 0.0127. The number of nitrogens with one attached hydrogen (secondary N) is 2. The molecule has 1 aromatic carbocycles. The van der Waals surface area contributed by atoms with E-state index in [1.807, 2.05) is 24.3 Å². The van der Waals surface area contributed by atoms with Crippen LogP contribution in [0.5, 0.6) is 0 Å². The normalized spacial score (nSPS) is 14.7. The standard InChI is InChI=1S/C20H23ClN4O2/c1-22-19(26)15-4-2-14(3-5-15)12-24-20(27)16-8-10-25(11-9-16)18-7-6-17(21)13-23-18/h2-7,13,16H,8-12H2,1H3,(H,22,26)(H,24,27). The molecule has 0 aliphatic carbocycles. The highest BCUT2D eigenvalue weighted by molar-refractivity contribution is 6.30. The Hall–Kier alpha value is -2.60. The molecule has 0 saturated carbocycles. The average Bonchev–Trinajstić information content (AvgIpc) is 2.72. The first-order valence-corrected chi connectivity index (χ1v) is 9.40. The molecule has 7 heteroatoms. The number of carbonyl (C=O) groups excluding carboxylic acids is 2. The SMILES string of the molecule is CNC(=O)c1ccc(CNC(=O)C2CCN(c3ccc(Cl)cn3)CC2)cc1. The zero-order chi connectivity index (χ0) is 19.2. The number of aromatic nitrogens is 1. The van der Waals surface area contributed by atoms with E-state index in [1.54, 1.807) is 25.4 Å². The van der Waals surface area contributed by atoms with Crippen LogP contribution in [0.15, 0.2) is 42.6 Å². The Balaban J connectivity index is 1.47. The minimum Gasteiger partial charge on any atom is -0.357 e. The van der Waals surface area contributed by atoms with Crippen molar-refractivity contribution in [1.82, 2.24) is 15.6 Å².